The summed E-state index contributed by atoms with van der Waals surface area (Å²) in [4.78, 5) is 12.1. The van der Waals surface area contributed by atoms with Crippen molar-refractivity contribution in [3.63, 3.8) is 0 Å². The van der Waals surface area contributed by atoms with Crippen molar-refractivity contribution in [2.75, 3.05) is 30.8 Å². The van der Waals surface area contributed by atoms with Crippen LogP contribution in [0.15, 0.2) is 12.1 Å². The average Bonchev–Trinajstić information content (AvgIpc) is 2.50. The van der Waals surface area contributed by atoms with Crippen LogP contribution in [-0.4, -0.2) is 40.8 Å². The molecule has 0 unspecified atom stereocenters. The van der Waals surface area contributed by atoms with Gasteiger partial charge >= 0.3 is 0 Å². The van der Waals surface area contributed by atoms with Crippen molar-refractivity contribution in [3.8, 4) is 5.75 Å². The number of hydrogen-bond acceptors (Lipinski definition) is 4. The SMILES string of the molecule is CCCCCNC(=O)CN(c1cc(C)c(Cl)cc1OC)S(C)(=O)=O. The van der Waals surface area contributed by atoms with Crippen LogP contribution in [0, 0.1) is 6.92 Å². The highest BCUT2D eigenvalue weighted by atomic mass is 35.5. The van der Waals surface area contributed by atoms with Gasteiger partial charge in [0.15, 0.2) is 0 Å². The van der Waals surface area contributed by atoms with Crippen molar-refractivity contribution in [1.29, 1.82) is 0 Å². The number of amides is 1. The molecule has 1 rings (SSSR count). The van der Waals surface area contributed by atoms with Crippen LogP contribution in [0.2, 0.25) is 5.02 Å². The van der Waals surface area contributed by atoms with Gasteiger partial charge in [-0.2, -0.15) is 0 Å². The number of carbonyl (C=O) groups is 1. The van der Waals surface area contributed by atoms with Gasteiger partial charge in [-0.05, 0) is 25.0 Å². The van der Waals surface area contributed by atoms with Gasteiger partial charge in [-0.3, -0.25) is 9.10 Å². The highest BCUT2D eigenvalue weighted by Gasteiger charge is 2.24. The molecule has 24 heavy (non-hydrogen) atoms. The Balaban J connectivity index is 3.03. The van der Waals surface area contributed by atoms with E-state index in [1.54, 1.807) is 19.1 Å². The monoisotopic (exact) mass is 376 g/mol. The van der Waals surface area contributed by atoms with Crippen molar-refractivity contribution in [3.05, 3.63) is 22.7 Å². The minimum absolute atomic E-state index is 0.297. The summed E-state index contributed by atoms with van der Waals surface area (Å²) < 4.78 is 30.6. The molecule has 0 radical (unpaired) electrons. The number of anilines is 1. The van der Waals surface area contributed by atoms with Gasteiger partial charge in [0.05, 0.1) is 19.1 Å². The van der Waals surface area contributed by atoms with Crippen LogP contribution in [0.3, 0.4) is 0 Å². The Hall–Kier alpha value is -1.47. The average molecular weight is 377 g/mol. The molecule has 0 spiro atoms. The standard InChI is InChI=1S/C16H25ClN2O4S/c1-5-6-7-8-18-16(20)11-19(24(4,21)22)14-9-12(2)13(17)10-15(14)23-3/h9-10H,5-8,11H2,1-4H3,(H,18,20). The molecule has 0 aliphatic carbocycles. The molecule has 0 aromatic heterocycles. The van der Waals surface area contributed by atoms with Gasteiger partial charge in [0.25, 0.3) is 0 Å². The third-order valence-electron chi connectivity index (χ3n) is 3.52. The van der Waals surface area contributed by atoms with E-state index in [0.717, 1.165) is 29.8 Å². The number of aryl methyl sites for hydroxylation is 1. The fraction of sp³-hybridized carbons (Fsp3) is 0.562. The zero-order valence-electron chi connectivity index (χ0n) is 14.6. The van der Waals surface area contributed by atoms with E-state index in [1.165, 1.54) is 7.11 Å². The third kappa shape index (κ3) is 5.87. The number of hydrogen-bond donors (Lipinski definition) is 1. The van der Waals surface area contributed by atoms with Crippen molar-refractivity contribution < 1.29 is 17.9 Å². The molecule has 0 saturated heterocycles. The fourth-order valence-corrected chi connectivity index (χ4v) is 3.18. The smallest absolute Gasteiger partial charge is 0.240 e. The zero-order valence-corrected chi connectivity index (χ0v) is 16.1. The summed E-state index contributed by atoms with van der Waals surface area (Å²) in [6, 6.07) is 3.15. The maximum absolute atomic E-state index is 12.2. The number of rotatable bonds is 9. The Kier molecular flexibility index (Phi) is 7.83. The molecule has 1 aromatic carbocycles. The number of nitrogens with zero attached hydrogens (tertiary/aromatic N) is 1. The van der Waals surface area contributed by atoms with Crippen molar-refractivity contribution in [2.24, 2.45) is 0 Å². The molecule has 0 bridgehead atoms. The lowest BCUT2D eigenvalue weighted by Crippen LogP contribution is -2.40. The van der Waals surface area contributed by atoms with Crippen LogP contribution >= 0.6 is 11.6 Å². The largest absolute Gasteiger partial charge is 0.494 e. The molecule has 0 aliphatic rings. The summed E-state index contributed by atoms with van der Waals surface area (Å²) in [6.07, 6.45) is 3.98. The molecule has 136 valence electrons. The molecule has 0 saturated carbocycles. The first kappa shape index (κ1) is 20.6. The van der Waals surface area contributed by atoms with E-state index < -0.39 is 10.0 Å². The molecule has 1 aromatic rings. The van der Waals surface area contributed by atoms with Crippen LogP contribution in [0.4, 0.5) is 5.69 Å². The summed E-state index contributed by atoms with van der Waals surface area (Å²) in [7, 11) is -2.23. The maximum Gasteiger partial charge on any atom is 0.240 e. The number of benzene rings is 1. The van der Waals surface area contributed by atoms with Crippen molar-refractivity contribution >= 4 is 33.2 Å². The van der Waals surface area contributed by atoms with Gasteiger partial charge in [-0.25, -0.2) is 8.42 Å². The Bertz CT molecular complexity index is 677. The second-order valence-electron chi connectivity index (χ2n) is 5.60. The Morgan fingerprint density at radius 1 is 1.33 bits per heavy atom. The molecule has 1 N–H and O–H groups in total. The number of halogens is 1. The van der Waals surface area contributed by atoms with Gasteiger partial charge in [0.1, 0.15) is 12.3 Å². The van der Waals surface area contributed by atoms with E-state index in [-0.39, 0.29) is 12.5 Å². The van der Waals surface area contributed by atoms with Crippen LogP contribution in [0.1, 0.15) is 31.7 Å². The predicted molar refractivity (Wildman–Crippen MR) is 97.5 cm³/mol. The number of unbranched alkanes of at least 4 members (excludes halogenated alkanes) is 2. The zero-order chi connectivity index (χ0) is 18.3. The number of methoxy groups -OCH3 is 1. The fourth-order valence-electron chi connectivity index (χ4n) is 2.18. The van der Waals surface area contributed by atoms with E-state index in [0.29, 0.717) is 28.6 Å². The van der Waals surface area contributed by atoms with Gasteiger partial charge in [-0.15, -0.1) is 0 Å². The highest BCUT2D eigenvalue weighted by Crippen LogP contribution is 2.34. The van der Waals surface area contributed by atoms with Gasteiger partial charge in [0, 0.05) is 17.6 Å². The Morgan fingerprint density at radius 3 is 2.54 bits per heavy atom. The molecule has 6 nitrogen and oxygen atoms in total. The third-order valence-corrected chi connectivity index (χ3v) is 5.05. The van der Waals surface area contributed by atoms with Crippen LogP contribution in [-0.2, 0) is 14.8 Å². The van der Waals surface area contributed by atoms with Crippen LogP contribution in [0.25, 0.3) is 0 Å². The quantitative estimate of drug-likeness (QED) is 0.672. The molecule has 0 atom stereocenters. The first-order valence-corrected chi connectivity index (χ1v) is 10.0. The van der Waals surface area contributed by atoms with E-state index in [4.69, 9.17) is 16.3 Å². The van der Waals surface area contributed by atoms with Crippen LogP contribution < -0.4 is 14.4 Å². The highest BCUT2D eigenvalue weighted by molar-refractivity contribution is 7.92. The van der Waals surface area contributed by atoms with E-state index in [9.17, 15) is 13.2 Å². The second-order valence-corrected chi connectivity index (χ2v) is 7.91. The number of carbonyl (C=O) groups excluding carboxylic acids is 1. The summed E-state index contributed by atoms with van der Waals surface area (Å²) in [6.45, 7) is 4.06. The van der Waals surface area contributed by atoms with Crippen LogP contribution in [0.5, 0.6) is 5.75 Å². The number of ether oxygens (including phenoxy) is 1. The normalized spacial score (nSPS) is 11.2. The second kappa shape index (κ2) is 9.13. The maximum atomic E-state index is 12.2. The molecular weight excluding hydrogens is 352 g/mol. The number of nitrogens with one attached hydrogen (secondary N) is 1. The summed E-state index contributed by atoms with van der Waals surface area (Å²) in [5, 5.41) is 3.21. The molecule has 0 fully saturated rings. The first-order valence-electron chi connectivity index (χ1n) is 7.79. The minimum atomic E-state index is -3.66. The van der Waals surface area contributed by atoms with Gasteiger partial charge in [0.2, 0.25) is 15.9 Å². The summed E-state index contributed by atoms with van der Waals surface area (Å²) >= 11 is 6.06. The topological polar surface area (TPSA) is 75.7 Å². The Morgan fingerprint density at radius 2 is 2.00 bits per heavy atom. The van der Waals surface area contributed by atoms with Gasteiger partial charge in [-0.1, -0.05) is 31.4 Å². The lowest BCUT2D eigenvalue weighted by Gasteiger charge is -2.24. The molecule has 1 amide bonds. The van der Waals surface area contributed by atoms with E-state index in [1.807, 2.05) is 0 Å². The molecule has 0 aliphatic heterocycles. The van der Waals surface area contributed by atoms with E-state index >= 15 is 0 Å². The molecule has 0 heterocycles. The lowest BCUT2D eigenvalue weighted by atomic mass is 10.2. The summed E-state index contributed by atoms with van der Waals surface area (Å²) in [5.41, 5.74) is 0.995. The molecule has 8 heteroatoms. The minimum Gasteiger partial charge on any atom is -0.494 e. The van der Waals surface area contributed by atoms with Crippen molar-refractivity contribution in [2.45, 2.75) is 33.1 Å². The summed E-state index contributed by atoms with van der Waals surface area (Å²) in [5.74, 6) is -0.0546. The van der Waals surface area contributed by atoms with E-state index in [2.05, 4.69) is 12.2 Å². The first-order chi connectivity index (χ1) is 11.2. The predicted octanol–water partition coefficient (Wildman–Crippen LogP) is 2.73. The van der Waals surface area contributed by atoms with Gasteiger partial charge < -0.3 is 10.1 Å². The Labute approximate surface area is 149 Å². The lowest BCUT2D eigenvalue weighted by molar-refractivity contribution is -0.119. The number of sulfonamides is 1. The molecular formula is C16H25ClN2O4S. The van der Waals surface area contributed by atoms with Crippen molar-refractivity contribution in [1.82, 2.24) is 5.32 Å².